The Labute approximate surface area is 133 Å². The molecule has 0 heterocycles. The highest BCUT2D eigenvalue weighted by Crippen LogP contribution is 2.21. The van der Waals surface area contributed by atoms with Crippen LogP contribution in [0.15, 0.2) is 47.4 Å². The smallest absolute Gasteiger partial charge is 0.0199 e. The molecule has 2 aromatic rings. The van der Waals surface area contributed by atoms with E-state index in [1.54, 1.807) is 0 Å². The Morgan fingerprint density at radius 1 is 0.952 bits per heavy atom. The molecule has 112 valence electrons. The Kier molecular flexibility index (Phi) is 5.89. The molecular weight excluding hydrogens is 274 g/mol. The van der Waals surface area contributed by atoms with Gasteiger partial charge in [0.15, 0.2) is 0 Å². The lowest BCUT2D eigenvalue weighted by Crippen LogP contribution is -2.30. The third kappa shape index (κ3) is 4.90. The molecule has 0 spiro atoms. The average molecular weight is 299 g/mol. The van der Waals surface area contributed by atoms with E-state index in [2.05, 4.69) is 75.6 Å². The highest BCUT2D eigenvalue weighted by Gasteiger charge is 2.10. The molecule has 0 aromatic heterocycles. The molecule has 0 bridgehead atoms. The molecule has 2 aromatic carbocycles. The minimum atomic E-state index is 0.497. The fourth-order valence-corrected chi connectivity index (χ4v) is 3.37. The molecule has 0 saturated heterocycles. The summed E-state index contributed by atoms with van der Waals surface area (Å²) in [5, 5.41) is 3.46. The molecule has 2 heteroatoms. The van der Waals surface area contributed by atoms with Crippen LogP contribution in [0.25, 0.3) is 0 Å². The zero-order valence-corrected chi connectivity index (χ0v) is 14.3. The summed E-state index contributed by atoms with van der Waals surface area (Å²) < 4.78 is 0. The van der Waals surface area contributed by atoms with Crippen LogP contribution >= 0.6 is 11.8 Å². The van der Waals surface area contributed by atoms with Crippen LogP contribution in [0.5, 0.6) is 0 Å². The summed E-state index contributed by atoms with van der Waals surface area (Å²) in [5.41, 5.74) is 5.51. The second-order valence-corrected chi connectivity index (χ2v) is 6.84. The second-order valence-electron chi connectivity index (χ2n) is 5.74. The summed E-state index contributed by atoms with van der Waals surface area (Å²) in [5.74, 6) is 1.09. The average Bonchev–Trinajstić information content (AvgIpc) is 2.48. The van der Waals surface area contributed by atoms with Crippen LogP contribution in [0.2, 0.25) is 0 Å². The molecule has 0 fully saturated rings. The van der Waals surface area contributed by atoms with Crippen molar-refractivity contribution < 1.29 is 0 Å². The van der Waals surface area contributed by atoms with E-state index < -0.39 is 0 Å². The van der Waals surface area contributed by atoms with Crippen molar-refractivity contribution >= 4 is 11.8 Å². The summed E-state index contributed by atoms with van der Waals surface area (Å²) in [7, 11) is 2.06. The van der Waals surface area contributed by atoms with Crippen molar-refractivity contribution in [2.45, 2.75) is 38.1 Å². The molecule has 1 nitrogen and oxygen atoms in total. The molecular formula is C19H25NS. The third-order valence-corrected chi connectivity index (χ3v) is 5.03. The minimum Gasteiger partial charge on any atom is -0.316 e. The number of aryl methyl sites for hydroxylation is 3. The topological polar surface area (TPSA) is 12.0 Å². The fraction of sp³-hybridized carbons (Fsp3) is 0.368. The molecule has 1 unspecified atom stereocenters. The number of hydrogen-bond acceptors (Lipinski definition) is 2. The van der Waals surface area contributed by atoms with Crippen molar-refractivity contribution in [1.29, 1.82) is 0 Å². The Bertz CT molecular complexity index is 575. The van der Waals surface area contributed by atoms with Gasteiger partial charge in [-0.05, 0) is 57.5 Å². The highest BCUT2D eigenvalue weighted by molar-refractivity contribution is 7.99. The van der Waals surface area contributed by atoms with E-state index in [4.69, 9.17) is 0 Å². The second kappa shape index (κ2) is 7.67. The van der Waals surface area contributed by atoms with Crippen molar-refractivity contribution in [3.63, 3.8) is 0 Å². The molecule has 0 radical (unpaired) electrons. The first-order valence-corrected chi connectivity index (χ1v) is 8.50. The summed E-state index contributed by atoms with van der Waals surface area (Å²) in [4.78, 5) is 1.35. The largest absolute Gasteiger partial charge is 0.316 e. The van der Waals surface area contributed by atoms with Crippen molar-refractivity contribution in [2.75, 3.05) is 12.8 Å². The normalized spacial score (nSPS) is 12.4. The first kappa shape index (κ1) is 16.1. The number of likely N-dealkylation sites (N-methyl/N-ethyl adjacent to an activating group) is 1. The quantitative estimate of drug-likeness (QED) is 0.786. The molecule has 21 heavy (non-hydrogen) atoms. The van der Waals surface area contributed by atoms with Gasteiger partial charge in [0.05, 0.1) is 0 Å². The molecule has 0 saturated carbocycles. The molecule has 1 atom stereocenters. The van der Waals surface area contributed by atoms with Gasteiger partial charge in [-0.3, -0.25) is 0 Å². The maximum absolute atomic E-state index is 3.46. The molecule has 0 amide bonds. The first-order chi connectivity index (χ1) is 10.1. The standard InChI is InChI=1S/C19H25NS/c1-14-6-9-19(10-7-14)21-13-18(20-4)12-17-11-15(2)5-8-16(17)3/h5-11,18,20H,12-13H2,1-4H3. The predicted molar refractivity (Wildman–Crippen MR) is 94.4 cm³/mol. The lowest BCUT2D eigenvalue weighted by molar-refractivity contribution is 0.615. The Hall–Kier alpha value is -1.25. The van der Waals surface area contributed by atoms with Gasteiger partial charge >= 0.3 is 0 Å². The van der Waals surface area contributed by atoms with E-state index in [1.807, 2.05) is 11.8 Å². The van der Waals surface area contributed by atoms with E-state index >= 15 is 0 Å². The summed E-state index contributed by atoms with van der Waals surface area (Å²) in [6, 6.07) is 16.0. The van der Waals surface area contributed by atoms with Gasteiger partial charge in [-0.25, -0.2) is 0 Å². The van der Waals surface area contributed by atoms with E-state index in [9.17, 15) is 0 Å². The van der Waals surface area contributed by atoms with Gasteiger partial charge in [-0.15, -0.1) is 11.8 Å². The van der Waals surface area contributed by atoms with Gasteiger partial charge in [-0.1, -0.05) is 41.5 Å². The number of nitrogens with one attached hydrogen (secondary N) is 1. The SMILES string of the molecule is CNC(CSc1ccc(C)cc1)Cc1cc(C)ccc1C. The van der Waals surface area contributed by atoms with Crippen LogP contribution in [-0.2, 0) is 6.42 Å². The van der Waals surface area contributed by atoms with Crippen LogP contribution < -0.4 is 5.32 Å². The number of benzene rings is 2. The van der Waals surface area contributed by atoms with Crippen molar-refractivity contribution in [2.24, 2.45) is 0 Å². The summed E-state index contributed by atoms with van der Waals surface area (Å²) in [6.45, 7) is 6.50. The van der Waals surface area contributed by atoms with Crippen molar-refractivity contribution in [3.05, 3.63) is 64.7 Å². The number of thioether (sulfide) groups is 1. The fourth-order valence-electron chi connectivity index (χ4n) is 2.36. The lowest BCUT2D eigenvalue weighted by Gasteiger charge is -2.17. The number of rotatable bonds is 6. The maximum atomic E-state index is 3.46. The van der Waals surface area contributed by atoms with Gasteiger partial charge in [0.2, 0.25) is 0 Å². The third-order valence-electron chi connectivity index (χ3n) is 3.85. The van der Waals surface area contributed by atoms with Crippen LogP contribution in [-0.4, -0.2) is 18.8 Å². The van der Waals surface area contributed by atoms with E-state index in [-0.39, 0.29) is 0 Å². The summed E-state index contributed by atoms with van der Waals surface area (Å²) >= 11 is 1.93. The minimum absolute atomic E-state index is 0.497. The Balaban J connectivity index is 1.96. The maximum Gasteiger partial charge on any atom is 0.0199 e. The molecule has 0 aliphatic rings. The monoisotopic (exact) mass is 299 g/mol. The van der Waals surface area contributed by atoms with E-state index in [0.29, 0.717) is 6.04 Å². The zero-order valence-electron chi connectivity index (χ0n) is 13.4. The number of hydrogen-bond donors (Lipinski definition) is 1. The van der Waals surface area contributed by atoms with E-state index in [1.165, 1.54) is 27.1 Å². The van der Waals surface area contributed by atoms with Gasteiger partial charge < -0.3 is 5.32 Å². The summed E-state index contributed by atoms with van der Waals surface area (Å²) in [6.07, 6.45) is 1.09. The van der Waals surface area contributed by atoms with Gasteiger partial charge in [0.25, 0.3) is 0 Å². The van der Waals surface area contributed by atoms with Crippen molar-refractivity contribution in [3.8, 4) is 0 Å². The van der Waals surface area contributed by atoms with Gasteiger partial charge in [0, 0.05) is 16.7 Å². The Morgan fingerprint density at radius 3 is 2.29 bits per heavy atom. The van der Waals surface area contributed by atoms with Crippen molar-refractivity contribution in [1.82, 2.24) is 5.32 Å². The highest BCUT2D eigenvalue weighted by atomic mass is 32.2. The molecule has 0 aliphatic carbocycles. The van der Waals surface area contributed by atoms with Gasteiger partial charge in [0.1, 0.15) is 0 Å². The van der Waals surface area contributed by atoms with Crippen LogP contribution in [0.4, 0.5) is 0 Å². The van der Waals surface area contributed by atoms with Crippen LogP contribution in [0, 0.1) is 20.8 Å². The van der Waals surface area contributed by atoms with E-state index in [0.717, 1.165) is 12.2 Å². The molecule has 1 N–H and O–H groups in total. The molecule has 2 rings (SSSR count). The predicted octanol–water partition coefficient (Wildman–Crippen LogP) is 4.53. The Morgan fingerprint density at radius 2 is 1.62 bits per heavy atom. The first-order valence-electron chi connectivity index (χ1n) is 7.51. The lowest BCUT2D eigenvalue weighted by atomic mass is 10.00. The van der Waals surface area contributed by atoms with Crippen LogP contribution in [0.1, 0.15) is 22.3 Å². The molecule has 0 aliphatic heterocycles. The van der Waals surface area contributed by atoms with Crippen LogP contribution in [0.3, 0.4) is 0 Å². The zero-order chi connectivity index (χ0) is 15.2. The van der Waals surface area contributed by atoms with Gasteiger partial charge in [-0.2, -0.15) is 0 Å².